The molecular weight excluding hydrogens is 426 g/mol. The Labute approximate surface area is 191 Å². The van der Waals surface area contributed by atoms with E-state index in [-0.39, 0.29) is 27.0 Å². The Kier molecular flexibility index (Phi) is 5.90. The zero-order chi connectivity index (χ0) is 22.3. The monoisotopic (exact) mass is 451 g/mol. The molecule has 1 aliphatic rings. The van der Waals surface area contributed by atoms with Crippen molar-refractivity contribution in [2.24, 2.45) is 19.1 Å². The van der Waals surface area contributed by atoms with Crippen molar-refractivity contribution in [3.8, 4) is 5.88 Å². The second-order valence-corrected chi connectivity index (χ2v) is 9.67. The summed E-state index contributed by atoms with van der Waals surface area (Å²) in [5.74, 6) is 0.315. The Balaban J connectivity index is 1.88. The van der Waals surface area contributed by atoms with Gasteiger partial charge in [-0.15, -0.1) is 11.8 Å². The lowest BCUT2D eigenvalue weighted by atomic mass is 9.98. The molecule has 0 unspecified atom stereocenters. The molecule has 5 nitrogen and oxygen atoms in total. The lowest BCUT2D eigenvalue weighted by Gasteiger charge is -2.18. The van der Waals surface area contributed by atoms with E-state index < -0.39 is 0 Å². The van der Waals surface area contributed by atoms with E-state index in [1.807, 2.05) is 24.3 Å². The van der Waals surface area contributed by atoms with Crippen LogP contribution in [0.5, 0.6) is 5.88 Å². The third kappa shape index (κ3) is 4.00. The van der Waals surface area contributed by atoms with E-state index in [1.54, 1.807) is 25.9 Å². The molecule has 0 saturated heterocycles. The number of aliphatic imine (C=N–C) groups is 1. The van der Waals surface area contributed by atoms with Gasteiger partial charge in [0.1, 0.15) is 5.56 Å². The van der Waals surface area contributed by atoms with Crippen molar-refractivity contribution in [3.63, 3.8) is 0 Å². The molecule has 31 heavy (non-hydrogen) atoms. The first-order chi connectivity index (χ1) is 14.8. The molecule has 2 heterocycles. The van der Waals surface area contributed by atoms with Crippen LogP contribution in [-0.4, -0.2) is 20.0 Å². The summed E-state index contributed by atoms with van der Waals surface area (Å²) in [6.07, 6.45) is 0.514. The van der Waals surface area contributed by atoms with E-state index >= 15 is 0 Å². The Hall–Kier alpha value is -2.64. The smallest absolute Gasteiger partial charge is 0.267 e. The van der Waals surface area contributed by atoms with Gasteiger partial charge in [0, 0.05) is 30.7 Å². The number of hydrogen-bond donors (Lipinski definition) is 1. The largest absolute Gasteiger partial charge is 0.494 e. The van der Waals surface area contributed by atoms with Gasteiger partial charge in [0.05, 0.1) is 11.4 Å². The summed E-state index contributed by atoms with van der Waals surface area (Å²) in [6, 6.07) is 16.6. The van der Waals surface area contributed by atoms with Crippen molar-refractivity contribution in [3.05, 3.63) is 80.3 Å². The Bertz CT molecular complexity index is 1290. The second-order valence-electron chi connectivity index (χ2n) is 8.06. The number of aromatic nitrogens is 2. The topological polar surface area (TPSA) is 59.5 Å². The Morgan fingerprint density at radius 2 is 1.77 bits per heavy atom. The van der Waals surface area contributed by atoms with Crippen molar-refractivity contribution in [1.82, 2.24) is 9.13 Å². The lowest BCUT2D eigenvalue weighted by Crippen LogP contribution is -2.29. The van der Waals surface area contributed by atoms with E-state index in [1.165, 1.54) is 20.3 Å². The molecule has 1 N–H and O–H groups in total. The fourth-order valence-electron chi connectivity index (χ4n) is 3.74. The van der Waals surface area contributed by atoms with Crippen molar-refractivity contribution < 1.29 is 5.11 Å². The summed E-state index contributed by atoms with van der Waals surface area (Å²) in [7, 11) is 3.28. The number of para-hydroxylation sites is 1. The van der Waals surface area contributed by atoms with Crippen molar-refractivity contribution in [2.75, 3.05) is 0 Å². The highest BCUT2D eigenvalue weighted by atomic mass is 32.2. The summed E-state index contributed by atoms with van der Waals surface area (Å²) in [4.78, 5) is 19.0. The molecule has 0 spiro atoms. The normalized spacial score (nSPS) is 16.0. The first kappa shape index (κ1) is 21.6. The summed E-state index contributed by atoms with van der Waals surface area (Å²) >= 11 is 7.01. The lowest BCUT2D eigenvalue weighted by molar-refractivity contribution is 0.414. The van der Waals surface area contributed by atoms with Gasteiger partial charge in [-0.05, 0) is 41.4 Å². The molecule has 0 radical (unpaired) electrons. The molecule has 1 atom stereocenters. The van der Waals surface area contributed by atoms with Crippen LogP contribution in [0.1, 0.15) is 48.1 Å². The molecule has 0 fully saturated rings. The predicted molar refractivity (Wildman–Crippen MR) is 130 cm³/mol. The Morgan fingerprint density at radius 1 is 1.10 bits per heavy atom. The number of thioether (sulfide) groups is 1. The van der Waals surface area contributed by atoms with Crippen molar-refractivity contribution in [2.45, 2.75) is 36.3 Å². The van der Waals surface area contributed by atoms with Gasteiger partial charge < -0.3 is 5.11 Å². The minimum atomic E-state index is -0.336. The van der Waals surface area contributed by atoms with Gasteiger partial charge in [0.2, 0.25) is 5.88 Å². The summed E-state index contributed by atoms with van der Waals surface area (Å²) in [6.45, 7) is 4.36. The highest BCUT2D eigenvalue weighted by Gasteiger charge is 2.27. The van der Waals surface area contributed by atoms with Crippen LogP contribution in [-0.2, 0) is 14.1 Å². The Morgan fingerprint density at radius 3 is 2.45 bits per heavy atom. The summed E-state index contributed by atoms with van der Waals surface area (Å²) in [5.41, 5.74) is 3.70. The average Bonchev–Trinajstić information content (AvgIpc) is 2.96. The maximum absolute atomic E-state index is 13.1. The first-order valence-corrected chi connectivity index (χ1v) is 11.5. The fraction of sp³-hybridized carbons (Fsp3) is 0.292. The molecule has 7 heteroatoms. The van der Waals surface area contributed by atoms with Crippen LogP contribution in [0.4, 0.5) is 5.69 Å². The van der Waals surface area contributed by atoms with E-state index in [0.717, 1.165) is 10.6 Å². The molecule has 160 valence electrons. The van der Waals surface area contributed by atoms with Crippen LogP contribution in [0, 0.1) is 4.77 Å². The maximum Gasteiger partial charge on any atom is 0.267 e. The molecule has 0 bridgehead atoms. The maximum atomic E-state index is 13.1. The van der Waals surface area contributed by atoms with Gasteiger partial charge in [-0.3, -0.25) is 18.9 Å². The van der Waals surface area contributed by atoms with Gasteiger partial charge in [-0.1, -0.05) is 50.2 Å². The first-order valence-electron chi connectivity index (χ1n) is 10.2. The number of fused-ring (bicyclic) bond motifs is 1. The second kappa shape index (κ2) is 8.48. The number of nitrogens with zero attached hydrogens (tertiary/aromatic N) is 3. The number of rotatable bonds is 3. The molecule has 2 aromatic carbocycles. The van der Waals surface area contributed by atoms with Gasteiger partial charge in [0.25, 0.3) is 5.56 Å². The fourth-order valence-corrected chi connectivity index (χ4v) is 5.14. The molecule has 0 saturated carbocycles. The molecule has 4 rings (SSSR count). The molecular formula is C24H25N3O2S2. The van der Waals surface area contributed by atoms with Crippen molar-refractivity contribution >= 4 is 35.4 Å². The van der Waals surface area contributed by atoms with Crippen molar-refractivity contribution in [1.29, 1.82) is 0 Å². The highest BCUT2D eigenvalue weighted by molar-refractivity contribution is 7.99. The van der Waals surface area contributed by atoms with Crippen LogP contribution in [0.3, 0.4) is 0 Å². The summed E-state index contributed by atoms with van der Waals surface area (Å²) in [5, 5.41) is 10.9. The molecule has 1 aliphatic heterocycles. The van der Waals surface area contributed by atoms with Gasteiger partial charge in [-0.2, -0.15) is 0 Å². The highest BCUT2D eigenvalue weighted by Crippen LogP contribution is 2.45. The molecule has 0 amide bonds. The minimum Gasteiger partial charge on any atom is -0.494 e. The number of hydrogen-bond acceptors (Lipinski definition) is 5. The van der Waals surface area contributed by atoms with Crippen LogP contribution < -0.4 is 5.56 Å². The zero-order valence-corrected chi connectivity index (χ0v) is 19.6. The molecule has 3 aromatic rings. The SMILES string of the molecule is CC(C)c1ccc([C@H]2CC(c3c(O)n(C)c(=S)n(C)c3=O)=Nc3ccccc3S2)cc1. The number of aromatic hydroxyl groups is 1. The molecule has 1 aromatic heterocycles. The molecule has 0 aliphatic carbocycles. The van der Waals surface area contributed by atoms with Gasteiger partial charge in [0.15, 0.2) is 4.77 Å². The van der Waals surface area contributed by atoms with E-state index in [2.05, 4.69) is 38.1 Å². The van der Waals surface area contributed by atoms with Gasteiger partial charge in [-0.25, -0.2) is 0 Å². The minimum absolute atomic E-state index is 0.0567. The average molecular weight is 452 g/mol. The predicted octanol–water partition coefficient (Wildman–Crippen LogP) is 5.64. The van der Waals surface area contributed by atoms with Crippen LogP contribution in [0.2, 0.25) is 0 Å². The standard InChI is InChI=1S/C24H25N3O2S2/c1-14(2)15-9-11-16(12-10-15)20-13-18(25-17-7-5-6-8-19(17)31-20)21-22(28)26(3)24(30)27(4)23(21)29/h5-12,14,20,28H,13H2,1-4H3/t20-/m1/s1. The van der Waals surface area contributed by atoms with E-state index in [4.69, 9.17) is 17.2 Å². The number of benzene rings is 2. The third-order valence-corrected chi connectivity index (χ3v) is 7.54. The van der Waals surface area contributed by atoms with E-state index in [9.17, 15) is 9.90 Å². The third-order valence-electron chi connectivity index (χ3n) is 5.67. The quantitative estimate of drug-likeness (QED) is 0.524. The van der Waals surface area contributed by atoms with E-state index in [0.29, 0.717) is 18.1 Å². The van der Waals surface area contributed by atoms with Gasteiger partial charge >= 0.3 is 0 Å². The zero-order valence-electron chi connectivity index (χ0n) is 18.0. The van der Waals surface area contributed by atoms with Crippen LogP contribution in [0.25, 0.3) is 0 Å². The van der Waals surface area contributed by atoms with Crippen LogP contribution in [0.15, 0.2) is 63.2 Å². The summed E-state index contributed by atoms with van der Waals surface area (Å²) < 4.78 is 3.09. The van der Waals surface area contributed by atoms with Crippen LogP contribution >= 0.6 is 24.0 Å².